The molecule has 34 heavy (non-hydrogen) atoms. The molecule has 2 heterocycles. The third-order valence-corrected chi connectivity index (χ3v) is 4.89. The SMILES string of the molecule is O=C(COc1ccc2ccc(OCC(=O)ON3C(=O)CCC3=O)cc2c1)ON1C(=O)CCC1=O. The molecular formula is C22H18N2O10. The van der Waals surface area contributed by atoms with E-state index < -0.39 is 48.8 Å². The van der Waals surface area contributed by atoms with Crippen molar-refractivity contribution >= 4 is 46.3 Å². The van der Waals surface area contributed by atoms with Crippen molar-refractivity contribution in [1.82, 2.24) is 10.1 Å². The van der Waals surface area contributed by atoms with Crippen LogP contribution >= 0.6 is 0 Å². The largest absolute Gasteiger partial charge is 0.482 e. The van der Waals surface area contributed by atoms with E-state index in [2.05, 4.69) is 0 Å². The Labute approximate surface area is 191 Å². The van der Waals surface area contributed by atoms with E-state index in [-0.39, 0.29) is 25.7 Å². The molecule has 4 rings (SSSR count). The lowest BCUT2D eigenvalue weighted by Gasteiger charge is -2.14. The van der Waals surface area contributed by atoms with Gasteiger partial charge in [0, 0.05) is 25.7 Å². The Bertz CT molecular complexity index is 1090. The monoisotopic (exact) mass is 470 g/mol. The van der Waals surface area contributed by atoms with E-state index >= 15 is 0 Å². The van der Waals surface area contributed by atoms with Gasteiger partial charge in [0.05, 0.1) is 0 Å². The van der Waals surface area contributed by atoms with E-state index in [1.165, 1.54) is 0 Å². The highest BCUT2D eigenvalue weighted by atomic mass is 16.7. The van der Waals surface area contributed by atoms with Crippen molar-refractivity contribution in [3.8, 4) is 11.5 Å². The highest BCUT2D eigenvalue weighted by Crippen LogP contribution is 2.25. The minimum absolute atomic E-state index is 0.00568. The summed E-state index contributed by atoms with van der Waals surface area (Å²) in [6.45, 7) is -1.06. The van der Waals surface area contributed by atoms with Gasteiger partial charge in [-0.3, -0.25) is 19.2 Å². The summed E-state index contributed by atoms with van der Waals surface area (Å²) in [6, 6.07) is 9.91. The minimum Gasteiger partial charge on any atom is -0.482 e. The van der Waals surface area contributed by atoms with Crippen LogP contribution in [0.2, 0.25) is 0 Å². The molecule has 0 bridgehead atoms. The van der Waals surface area contributed by atoms with Gasteiger partial charge < -0.3 is 19.1 Å². The van der Waals surface area contributed by atoms with Gasteiger partial charge in [-0.2, -0.15) is 0 Å². The maximum Gasteiger partial charge on any atom is 0.370 e. The van der Waals surface area contributed by atoms with Gasteiger partial charge in [0.15, 0.2) is 13.2 Å². The second-order valence-corrected chi connectivity index (χ2v) is 7.34. The molecule has 0 saturated carbocycles. The molecule has 4 amide bonds. The van der Waals surface area contributed by atoms with Crippen LogP contribution in [0.4, 0.5) is 0 Å². The maximum absolute atomic E-state index is 11.9. The van der Waals surface area contributed by atoms with E-state index in [4.69, 9.17) is 19.1 Å². The van der Waals surface area contributed by atoms with Gasteiger partial charge in [-0.1, -0.05) is 12.1 Å². The Hall–Kier alpha value is -4.48. The van der Waals surface area contributed by atoms with E-state index in [0.717, 1.165) is 5.39 Å². The lowest BCUT2D eigenvalue weighted by atomic mass is 10.1. The van der Waals surface area contributed by atoms with Crippen LogP contribution in [-0.4, -0.2) is 58.9 Å². The number of hydrogen-bond donors (Lipinski definition) is 0. The first kappa shape index (κ1) is 22.7. The third-order valence-electron chi connectivity index (χ3n) is 4.89. The Morgan fingerprint density at radius 3 is 1.38 bits per heavy atom. The quantitative estimate of drug-likeness (QED) is 0.508. The molecule has 0 aromatic heterocycles. The zero-order valence-electron chi connectivity index (χ0n) is 17.7. The van der Waals surface area contributed by atoms with Crippen LogP contribution in [0, 0.1) is 0 Å². The van der Waals surface area contributed by atoms with Crippen molar-refractivity contribution < 1.29 is 47.9 Å². The van der Waals surface area contributed by atoms with Crippen molar-refractivity contribution in [2.75, 3.05) is 13.2 Å². The Kier molecular flexibility index (Phi) is 6.39. The van der Waals surface area contributed by atoms with Crippen LogP contribution in [0.15, 0.2) is 36.4 Å². The van der Waals surface area contributed by atoms with Crippen LogP contribution in [0.1, 0.15) is 25.7 Å². The first-order chi connectivity index (χ1) is 16.3. The second-order valence-electron chi connectivity index (χ2n) is 7.34. The Morgan fingerprint density at radius 2 is 1.00 bits per heavy atom. The Balaban J connectivity index is 1.32. The average molecular weight is 470 g/mol. The number of hydroxylamine groups is 4. The predicted octanol–water partition coefficient (Wildman–Crippen LogP) is 0.812. The summed E-state index contributed by atoms with van der Waals surface area (Å²) in [6.07, 6.45) is -0.0227. The van der Waals surface area contributed by atoms with Gasteiger partial charge in [-0.25, -0.2) is 9.59 Å². The summed E-state index contributed by atoms with van der Waals surface area (Å²) in [5, 5.41) is 2.35. The van der Waals surface area contributed by atoms with Crippen molar-refractivity contribution in [3.05, 3.63) is 36.4 Å². The minimum atomic E-state index is -0.908. The molecule has 0 spiro atoms. The van der Waals surface area contributed by atoms with Gasteiger partial charge in [-0.15, -0.1) is 10.1 Å². The first-order valence-corrected chi connectivity index (χ1v) is 10.2. The average Bonchev–Trinajstić information content (AvgIpc) is 3.31. The lowest BCUT2D eigenvalue weighted by Crippen LogP contribution is -2.33. The van der Waals surface area contributed by atoms with Crippen molar-refractivity contribution in [2.24, 2.45) is 0 Å². The zero-order chi connectivity index (χ0) is 24.2. The van der Waals surface area contributed by atoms with Crippen LogP contribution < -0.4 is 9.47 Å². The fourth-order valence-electron chi connectivity index (χ4n) is 3.24. The van der Waals surface area contributed by atoms with E-state index in [9.17, 15) is 28.8 Å². The molecule has 0 aliphatic carbocycles. The second kappa shape index (κ2) is 9.57. The summed E-state index contributed by atoms with van der Waals surface area (Å²) >= 11 is 0. The number of carbonyl (C=O) groups excluding carboxylic acids is 6. The molecule has 0 atom stereocenters. The fraction of sp³-hybridized carbons (Fsp3) is 0.273. The molecule has 12 nitrogen and oxygen atoms in total. The number of benzene rings is 2. The maximum atomic E-state index is 11.9. The molecule has 176 valence electrons. The number of carbonyl (C=O) groups is 6. The van der Waals surface area contributed by atoms with Crippen LogP contribution in [0.3, 0.4) is 0 Å². The van der Waals surface area contributed by atoms with Crippen molar-refractivity contribution in [2.45, 2.75) is 25.7 Å². The number of amides is 4. The summed E-state index contributed by atoms with van der Waals surface area (Å²) in [5.41, 5.74) is 0. The molecule has 2 aliphatic rings. The molecule has 2 aliphatic heterocycles. The van der Waals surface area contributed by atoms with Crippen molar-refractivity contribution in [1.29, 1.82) is 0 Å². The lowest BCUT2D eigenvalue weighted by molar-refractivity contribution is -0.198. The number of nitrogens with zero attached hydrogens (tertiary/aromatic N) is 2. The summed E-state index contributed by atoms with van der Waals surface area (Å²) < 4.78 is 10.8. The van der Waals surface area contributed by atoms with Crippen LogP contribution in [0.5, 0.6) is 11.5 Å². The standard InChI is InChI=1S/C22H18N2O10/c25-17-5-6-18(26)23(17)33-21(29)11-31-15-3-1-13-2-4-16(10-14(13)9-15)32-12-22(30)34-24-19(27)7-8-20(24)28/h1-4,9-10H,5-8,11-12H2. The molecule has 2 saturated heterocycles. The smallest absolute Gasteiger partial charge is 0.370 e. The highest BCUT2D eigenvalue weighted by Gasteiger charge is 2.33. The number of fused-ring (bicyclic) bond motifs is 1. The van der Waals surface area contributed by atoms with Gasteiger partial charge in [0.2, 0.25) is 0 Å². The van der Waals surface area contributed by atoms with Crippen LogP contribution in [0.25, 0.3) is 10.8 Å². The van der Waals surface area contributed by atoms with E-state index in [1.807, 2.05) is 0 Å². The molecule has 12 heteroatoms. The fourth-order valence-corrected chi connectivity index (χ4v) is 3.24. The Morgan fingerprint density at radius 1 is 0.618 bits per heavy atom. The summed E-state index contributed by atoms with van der Waals surface area (Å²) in [7, 11) is 0. The highest BCUT2D eigenvalue weighted by molar-refractivity contribution is 6.02. The number of imide groups is 2. The predicted molar refractivity (Wildman–Crippen MR) is 109 cm³/mol. The number of ether oxygens (including phenoxy) is 2. The van der Waals surface area contributed by atoms with Gasteiger partial charge >= 0.3 is 11.9 Å². The first-order valence-electron chi connectivity index (χ1n) is 10.2. The molecular weight excluding hydrogens is 452 g/mol. The van der Waals surface area contributed by atoms with Gasteiger partial charge in [0.25, 0.3) is 23.6 Å². The van der Waals surface area contributed by atoms with E-state index in [0.29, 0.717) is 27.0 Å². The molecule has 2 aromatic rings. The van der Waals surface area contributed by atoms with Crippen molar-refractivity contribution in [3.63, 3.8) is 0 Å². The van der Waals surface area contributed by atoms with Crippen LogP contribution in [-0.2, 0) is 38.4 Å². The molecule has 0 unspecified atom stereocenters. The van der Waals surface area contributed by atoms with E-state index in [1.54, 1.807) is 36.4 Å². The molecule has 0 radical (unpaired) electrons. The van der Waals surface area contributed by atoms with Gasteiger partial charge in [-0.05, 0) is 35.0 Å². The normalized spacial score (nSPS) is 15.8. The summed E-state index contributed by atoms with van der Waals surface area (Å²) in [4.78, 5) is 79.3. The number of rotatable bonds is 8. The molecule has 0 N–H and O–H groups in total. The third kappa shape index (κ3) is 5.11. The number of hydrogen-bond acceptors (Lipinski definition) is 10. The van der Waals surface area contributed by atoms with Gasteiger partial charge in [0.1, 0.15) is 11.5 Å². The molecule has 2 fully saturated rings. The topological polar surface area (TPSA) is 146 Å². The zero-order valence-corrected chi connectivity index (χ0v) is 17.7. The molecule has 2 aromatic carbocycles. The summed E-state index contributed by atoms with van der Waals surface area (Å²) in [5.74, 6) is -3.53.